The largest absolute Gasteiger partial charge is 0.479 e. The van der Waals surface area contributed by atoms with Gasteiger partial charge in [-0.2, -0.15) is 13.9 Å². The van der Waals surface area contributed by atoms with Crippen LogP contribution in [0.3, 0.4) is 0 Å². The number of ether oxygens (including phenoxy) is 1. The summed E-state index contributed by atoms with van der Waals surface area (Å²) in [6.45, 7) is 3.16. The van der Waals surface area contributed by atoms with Crippen molar-refractivity contribution < 1.29 is 49.5 Å². The van der Waals surface area contributed by atoms with Crippen molar-refractivity contribution in [3.8, 4) is 16.9 Å². The van der Waals surface area contributed by atoms with E-state index in [9.17, 15) is 40.3 Å². The fourth-order valence-corrected chi connectivity index (χ4v) is 5.39. The number of anilines is 1. The summed E-state index contributed by atoms with van der Waals surface area (Å²) in [7, 11) is 0. The second kappa shape index (κ2) is 11.6. The molecule has 2 amide bonds. The number of benzene rings is 1. The Bertz CT molecular complexity index is 1920. The van der Waals surface area contributed by atoms with Crippen LogP contribution >= 0.6 is 11.3 Å². The second-order valence-corrected chi connectivity index (χ2v) is 10.1. The van der Waals surface area contributed by atoms with Gasteiger partial charge in [0.2, 0.25) is 29.1 Å². The van der Waals surface area contributed by atoms with Crippen LogP contribution in [0, 0.1) is 36.0 Å². The highest BCUT2D eigenvalue weighted by Crippen LogP contribution is 2.43. The van der Waals surface area contributed by atoms with Gasteiger partial charge in [-0.15, -0.1) is 11.3 Å². The summed E-state index contributed by atoms with van der Waals surface area (Å²) < 4.78 is 107. The van der Waals surface area contributed by atoms with Gasteiger partial charge in [-0.25, -0.2) is 26.9 Å². The normalized spacial score (nSPS) is 11.5. The van der Waals surface area contributed by atoms with Crippen molar-refractivity contribution in [1.29, 1.82) is 0 Å². The van der Waals surface area contributed by atoms with Crippen molar-refractivity contribution in [3.05, 3.63) is 81.3 Å². The van der Waals surface area contributed by atoms with Gasteiger partial charge in [-0.05, 0) is 37.6 Å². The molecule has 0 atom stereocenters. The summed E-state index contributed by atoms with van der Waals surface area (Å²) in [5.41, 5.74) is 6.03. The molecule has 0 aliphatic carbocycles. The van der Waals surface area contributed by atoms with Crippen LogP contribution < -0.4 is 15.8 Å². The molecule has 17 heteroatoms. The SMILES string of the molecule is CCn1ncc(-c2cc(C(F)F)nc3sc(C(N)=O)c(NC(=O)c4ccc(COc5c(F)c(F)c(F)c(F)c5F)o4)c23)c1C. The molecule has 0 spiro atoms. The summed E-state index contributed by atoms with van der Waals surface area (Å²) in [5.74, 6) is -15.4. The minimum absolute atomic E-state index is 0.0260. The van der Waals surface area contributed by atoms with Gasteiger partial charge in [-0.1, -0.05) is 0 Å². The summed E-state index contributed by atoms with van der Waals surface area (Å²) in [4.78, 5) is 29.3. The van der Waals surface area contributed by atoms with E-state index in [2.05, 4.69) is 15.4 Å². The van der Waals surface area contributed by atoms with E-state index in [-0.39, 0.29) is 32.1 Å². The number of carbonyl (C=O) groups is 2. The number of alkyl halides is 2. The quantitative estimate of drug-likeness (QED) is 0.106. The van der Waals surface area contributed by atoms with E-state index < -0.39 is 71.1 Å². The Morgan fingerprint density at radius 3 is 2.32 bits per heavy atom. The first-order chi connectivity index (χ1) is 20.8. The molecule has 0 saturated heterocycles. The topological polar surface area (TPSA) is 125 Å². The number of thiophene rings is 1. The number of hydrogen-bond acceptors (Lipinski definition) is 7. The first kappa shape index (κ1) is 30.5. The fourth-order valence-electron chi connectivity index (χ4n) is 4.37. The third-order valence-electron chi connectivity index (χ3n) is 6.47. The average Bonchev–Trinajstić information content (AvgIpc) is 3.71. The molecule has 5 aromatic rings. The summed E-state index contributed by atoms with van der Waals surface area (Å²) in [6.07, 6.45) is -1.52. The molecule has 0 unspecified atom stereocenters. The van der Waals surface area contributed by atoms with E-state index >= 15 is 0 Å². The van der Waals surface area contributed by atoms with E-state index in [1.165, 1.54) is 6.20 Å². The Kier molecular flexibility index (Phi) is 8.07. The van der Waals surface area contributed by atoms with E-state index in [1.54, 1.807) is 11.6 Å². The van der Waals surface area contributed by atoms with Crippen molar-refractivity contribution in [3.63, 3.8) is 0 Å². The lowest BCUT2D eigenvalue weighted by Gasteiger charge is -2.11. The number of furan rings is 1. The number of nitrogens with zero attached hydrogens (tertiary/aromatic N) is 3. The van der Waals surface area contributed by atoms with E-state index in [1.807, 2.05) is 6.92 Å². The molecule has 0 fully saturated rings. The standard InChI is InChI=1S/C27H18F7N5O4S/c1-3-39-9(2)12(7-36-39)11-6-13(24(33)34)37-27-15(11)21(23(44-27)25(35)40)38-26(41)14-5-4-10(43-14)8-42-22-19(31)17(29)16(28)18(30)20(22)32/h4-7,24H,3,8H2,1-2H3,(H2,35,40)(H,38,41). The minimum Gasteiger partial charge on any atom is -0.479 e. The lowest BCUT2D eigenvalue weighted by molar-refractivity contribution is 0.0992. The van der Waals surface area contributed by atoms with Crippen molar-refractivity contribution in [2.45, 2.75) is 33.4 Å². The Morgan fingerprint density at radius 1 is 1.07 bits per heavy atom. The van der Waals surface area contributed by atoms with Gasteiger partial charge < -0.3 is 20.2 Å². The van der Waals surface area contributed by atoms with Crippen molar-refractivity contribution in [2.75, 3.05) is 5.32 Å². The van der Waals surface area contributed by atoms with E-state index in [0.717, 1.165) is 18.2 Å². The van der Waals surface area contributed by atoms with Crippen LogP contribution in [0.1, 0.15) is 50.7 Å². The molecule has 0 aliphatic heterocycles. The number of amides is 2. The van der Waals surface area contributed by atoms with Crippen LogP contribution in [-0.2, 0) is 13.2 Å². The number of halogens is 7. The molecule has 1 aromatic carbocycles. The third-order valence-corrected chi connectivity index (χ3v) is 7.57. The second-order valence-electron chi connectivity index (χ2n) is 9.11. The van der Waals surface area contributed by atoms with Crippen LogP contribution in [-0.4, -0.2) is 26.6 Å². The van der Waals surface area contributed by atoms with Gasteiger partial charge in [-0.3, -0.25) is 14.3 Å². The molecule has 0 radical (unpaired) electrons. The molecule has 0 aliphatic rings. The van der Waals surface area contributed by atoms with Crippen LogP contribution in [0.15, 0.2) is 28.8 Å². The predicted octanol–water partition coefficient (Wildman–Crippen LogP) is 6.64. The fraction of sp³-hybridized carbons (Fsp3) is 0.185. The molecule has 4 aromatic heterocycles. The highest BCUT2D eigenvalue weighted by atomic mass is 32.1. The molecule has 5 rings (SSSR count). The van der Waals surface area contributed by atoms with E-state index in [0.29, 0.717) is 29.1 Å². The Balaban J connectivity index is 1.50. The molecule has 9 nitrogen and oxygen atoms in total. The van der Waals surface area contributed by atoms with Gasteiger partial charge in [0.25, 0.3) is 18.2 Å². The smallest absolute Gasteiger partial charge is 0.291 e. The Hall–Kier alpha value is -4.93. The maximum atomic E-state index is 13.9. The van der Waals surface area contributed by atoms with Crippen LogP contribution in [0.4, 0.5) is 36.4 Å². The zero-order valence-electron chi connectivity index (χ0n) is 22.4. The average molecular weight is 642 g/mol. The first-order valence-electron chi connectivity index (χ1n) is 12.5. The number of pyridine rings is 1. The molecule has 230 valence electrons. The number of aryl methyl sites for hydroxylation is 1. The third kappa shape index (κ3) is 5.23. The maximum Gasteiger partial charge on any atom is 0.291 e. The number of nitrogens with one attached hydrogen (secondary N) is 1. The zero-order chi connectivity index (χ0) is 32.0. The van der Waals surface area contributed by atoms with Gasteiger partial charge in [0, 0.05) is 23.2 Å². The van der Waals surface area contributed by atoms with Crippen molar-refractivity contribution in [1.82, 2.24) is 14.8 Å². The van der Waals surface area contributed by atoms with Crippen molar-refractivity contribution >= 4 is 39.1 Å². The van der Waals surface area contributed by atoms with Gasteiger partial charge in [0.05, 0.1) is 11.9 Å². The highest BCUT2D eigenvalue weighted by Gasteiger charge is 2.29. The molecular weight excluding hydrogens is 623 g/mol. The molecule has 4 heterocycles. The van der Waals surface area contributed by atoms with Gasteiger partial charge in [0.15, 0.2) is 11.5 Å². The maximum absolute atomic E-state index is 13.9. The lowest BCUT2D eigenvalue weighted by atomic mass is 10.0. The zero-order valence-corrected chi connectivity index (χ0v) is 23.2. The predicted molar refractivity (Wildman–Crippen MR) is 142 cm³/mol. The lowest BCUT2D eigenvalue weighted by Crippen LogP contribution is -2.16. The van der Waals surface area contributed by atoms with Gasteiger partial charge >= 0.3 is 0 Å². The monoisotopic (exact) mass is 641 g/mol. The summed E-state index contributed by atoms with van der Waals surface area (Å²) in [6, 6.07) is 3.35. The van der Waals surface area contributed by atoms with Crippen molar-refractivity contribution in [2.24, 2.45) is 5.73 Å². The van der Waals surface area contributed by atoms with Crippen LogP contribution in [0.5, 0.6) is 5.75 Å². The highest BCUT2D eigenvalue weighted by molar-refractivity contribution is 7.21. The Morgan fingerprint density at radius 2 is 1.73 bits per heavy atom. The molecule has 0 bridgehead atoms. The van der Waals surface area contributed by atoms with Gasteiger partial charge in [0.1, 0.15) is 27.8 Å². The molecular formula is C27H18F7N5O4S. The number of fused-ring (bicyclic) bond motifs is 1. The number of carbonyl (C=O) groups excluding carboxylic acids is 2. The summed E-state index contributed by atoms with van der Waals surface area (Å²) in [5, 5.41) is 6.84. The number of hydrogen-bond donors (Lipinski definition) is 2. The Labute approximate surface area is 246 Å². The molecule has 3 N–H and O–H groups in total. The minimum atomic E-state index is -2.97. The number of rotatable bonds is 9. The van der Waals surface area contributed by atoms with E-state index in [4.69, 9.17) is 14.9 Å². The first-order valence-corrected chi connectivity index (χ1v) is 13.3. The molecule has 44 heavy (non-hydrogen) atoms. The summed E-state index contributed by atoms with van der Waals surface area (Å²) >= 11 is 0.674. The van der Waals surface area contributed by atoms with Crippen LogP contribution in [0.2, 0.25) is 0 Å². The number of nitrogens with two attached hydrogens (primary N) is 1. The molecule has 0 saturated carbocycles. The number of primary amides is 1. The van der Waals surface area contributed by atoms with Crippen LogP contribution in [0.25, 0.3) is 21.3 Å². The number of aromatic nitrogens is 3.